The van der Waals surface area contributed by atoms with E-state index in [2.05, 4.69) is 10.4 Å². The number of hydrogen-bond donors (Lipinski definition) is 1. The normalized spacial score (nSPS) is 14.8. The topological polar surface area (TPSA) is 109 Å². The van der Waals surface area contributed by atoms with Gasteiger partial charge in [0.15, 0.2) is 0 Å². The molecule has 2 aromatic carbocycles. The van der Waals surface area contributed by atoms with Crippen LogP contribution in [-0.2, 0) is 20.8 Å². The predicted octanol–water partition coefficient (Wildman–Crippen LogP) is 3.21. The smallest absolute Gasteiger partial charge is 0.318 e. The quantitative estimate of drug-likeness (QED) is 0.393. The Bertz CT molecular complexity index is 1340. The number of halogens is 1. The average molecular weight is 583 g/mol. The number of methoxy groups -OCH3 is 2. The molecule has 0 aliphatic carbocycles. The molecule has 0 fully saturated rings. The van der Waals surface area contributed by atoms with E-state index in [0.717, 1.165) is 11.3 Å². The van der Waals surface area contributed by atoms with E-state index < -0.39 is 6.03 Å². The van der Waals surface area contributed by atoms with Crippen molar-refractivity contribution in [1.29, 1.82) is 0 Å². The van der Waals surface area contributed by atoms with Gasteiger partial charge in [-0.3, -0.25) is 9.59 Å². The van der Waals surface area contributed by atoms with Crippen LogP contribution in [0.2, 0.25) is 5.02 Å². The molecule has 2 heterocycles. The van der Waals surface area contributed by atoms with Crippen molar-refractivity contribution < 1.29 is 23.9 Å². The van der Waals surface area contributed by atoms with Gasteiger partial charge < -0.3 is 29.5 Å². The van der Waals surface area contributed by atoms with Crippen LogP contribution in [0.5, 0.6) is 0 Å². The summed E-state index contributed by atoms with van der Waals surface area (Å²) in [5, 5.41) is 7.28. The van der Waals surface area contributed by atoms with E-state index in [-0.39, 0.29) is 37.5 Å². The fraction of sp³-hybridized carbons (Fsp3) is 0.379. The summed E-state index contributed by atoms with van der Waals surface area (Å²) < 4.78 is 11.9. The number of nitrogens with one attached hydrogen (secondary N) is 1. The minimum Gasteiger partial charge on any atom is -0.383 e. The number of amides is 4. The summed E-state index contributed by atoms with van der Waals surface area (Å²) in [5.74, 6) is -0.508. The number of carbonyl (C=O) groups is 3. The van der Waals surface area contributed by atoms with Gasteiger partial charge in [0.2, 0.25) is 5.91 Å². The Morgan fingerprint density at radius 1 is 1.07 bits per heavy atom. The Kier molecular flexibility index (Phi) is 10.3. The van der Waals surface area contributed by atoms with Crippen LogP contribution in [0.1, 0.15) is 22.8 Å². The molecule has 1 atom stereocenters. The highest BCUT2D eigenvalue weighted by molar-refractivity contribution is 6.34. The first kappa shape index (κ1) is 30.0. The van der Waals surface area contributed by atoms with Gasteiger partial charge in [0.1, 0.15) is 0 Å². The first-order valence-electron chi connectivity index (χ1n) is 13.3. The van der Waals surface area contributed by atoms with Crippen LogP contribution in [0.4, 0.5) is 10.5 Å². The summed E-state index contributed by atoms with van der Waals surface area (Å²) in [4.78, 5) is 44.9. The number of carbonyl (C=O) groups excluding carboxylic acids is 3. The highest BCUT2D eigenvalue weighted by Crippen LogP contribution is 2.30. The predicted molar refractivity (Wildman–Crippen MR) is 155 cm³/mol. The van der Waals surface area contributed by atoms with E-state index in [1.807, 2.05) is 31.2 Å². The van der Waals surface area contributed by atoms with E-state index in [4.69, 9.17) is 21.1 Å². The summed E-state index contributed by atoms with van der Waals surface area (Å²) in [6, 6.07) is 13.7. The summed E-state index contributed by atoms with van der Waals surface area (Å²) >= 11 is 6.59. The number of aromatic nitrogens is 2. The molecule has 4 amide bonds. The number of hydrogen-bond acceptors (Lipinski definition) is 6. The Hall–Kier alpha value is -3.93. The molecule has 0 spiro atoms. The van der Waals surface area contributed by atoms with Crippen LogP contribution in [0.15, 0.2) is 60.9 Å². The maximum Gasteiger partial charge on any atom is 0.318 e. The Morgan fingerprint density at radius 3 is 2.46 bits per heavy atom. The molecule has 1 aliphatic heterocycles. The SMILES string of the molecule is COCCN(CCOC)C(=O)CNC(=O)N1Cc2ccccc2N(C(=O)c2ccc(-n3cccn3)cc2Cl)C[C@H]1C. The van der Waals surface area contributed by atoms with Crippen molar-refractivity contribution in [3.63, 3.8) is 0 Å². The lowest BCUT2D eigenvalue weighted by Gasteiger charge is -2.30. The second kappa shape index (κ2) is 14.1. The van der Waals surface area contributed by atoms with Crippen LogP contribution in [-0.4, -0.2) is 97.1 Å². The van der Waals surface area contributed by atoms with E-state index in [9.17, 15) is 14.4 Å². The van der Waals surface area contributed by atoms with Gasteiger partial charge >= 0.3 is 6.03 Å². The Morgan fingerprint density at radius 2 is 1.80 bits per heavy atom. The molecule has 0 saturated heterocycles. The first-order chi connectivity index (χ1) is 19.8. The number of rotatable bonds is 10. The molecule has 12 heteroatoms. The zero-order valence-electron chi connectivity index (χ0n) is 23.5. The molecule has 3 aromatic rings. The monoisotopic (exact) mass is 582 g/mol. The van der Waals surface area contributed by atoms with E-state index in [1.54, 1.807) is 70.3 Å². The van der Waals surface area contributed by atoms with E-state index in [0.29, 0.717) is 42.6 Å². The maximum atomic E-state index is 13.8. The van der Waals surface area contributed by atoms with Crippen molar-refractivity contribution in [3.05, 3.63) is 77.1 Å². The standard InChI is InChI=1S/C29H35ClN6O5/c1-21-19-35(28(38)24-10-9-23(17-25(24)30)36-12-6-11-32-36)26-8-5-4-7-22(26)20-34(21)29(39)31-18-27(37)33(13-15-40-2)14-16-41-3/h4-12,17,21H,13-16,18-20H2,1-3H3,(H,31,39)/t21-/m1/s1. The molecule has 0 unspecified atom stereocenters. The molecule has 0 radical (unpaired) electrons. The van der Waals surface area contributed by atoms with Crippen LogP contribution in [0.3, 0.4) is 0 Å². The van der Waals surface area contributed by atoms with Crippen molar-refractivity contribution in [1.82, 2.24) is 24.9 Å². The third kappa shape index (κ3) is 7.24. The lowest BCUT2D eigenvalue weighted by atomic mass is 10.1. The lowest BCUT2D eigenvalue weighted by Crippen LogP contribution is -2.50. The van der Waals surface area contributed by atoms with Crippen molar-refractivity contribution in [3.8, 4) is 5.69 Å². The highest BCUT2D eigenvalue weighted by atomic mass is 35.5. The van der Waals surface area contributed by atoms with Crippen LogP contribution in [0, 0.1) is 0 Å². The third-order valence-electron chi connectivity index (χ3n) is 6.93. The second-order valence-electron chi connectivity index (χ2n) is 9.66. The second-order valence-corrected chi connectivity index (χ2v) is 10.1. The maximum absolute atomic E-state index is 13.8. The Labute approximate surface area is 244 Å². The molecule has 41 heavy (non-hydrogen) atoms. The number of anilines is 1. The van der Waals surface area contributed by atoms with Crippen LogP contribution >= 0.6 is 11.6 Å². The molecular weight excluding hydrogens is 548 g/mol. The molecule has 218 valence electrons. The molecular formula is C29H35ClN6O5. The minimum atomic E-state index is -0.394. The van der Waals surface area contributed by atoms with E-state index >= 15 is 0 Å². The van der Waals surface area contributed by atoms with Crippen molar-refractivity contribution in [2.24, 2.45) is 0 Å². The van der Waals surface area contributed by atoms with Gasteiger partial charge in [-0.25, -0.2) is 9.48 Å². The molecule has 1 aliphatic rings. The molecule has 11 nitrogen and oxygen atoms in total. The fourth-order valence-electron chi connectivity index (χ4n) is 4.69. The summed E-state index contributed by atoms with van der Waals surface area (Å²) in [6.07, 6.45) is 3.46. The van der Waals surface area contributed by atoms with Gasteiger partial charge in [0.25, 0.3) is 5.91 Å². The van der Waals surface area contributed by atoms with Crippen molar-refractivity contribution in [2.45, 2.75) is 19.5 Å². The molecule has 4 rings (SSSR count). The zero-order chi connectivity index (χ0) is 29.4. The minimum absolute atomic E-state index is 0.169. The fourth-order valence-corrected chi connectivity index (χ4v) is 4.94. The van der Waals surface area contributed by atoms with Gasteiger partial charge in [-0.1, -0.05) is 29.8 Å². The largest absolute Gasteiger partial charge is 0.383 e. The summed E-state index contributed by atoms with van der Waals surface area (Å²) in [6.45, 7) is 3.76. The van der Waals surface area contributed by atoms with Gasteiger partial charge in [0.05, 0.1) is 36.0 Å². The molecule has 0 saturated carbocycles. The number of fused-ring (bicyclic) bond motifs is 1. The van der Waals surface area contributed by atoms with Gasteiger partial charge in [-0.2, -0.15) is 5.10 Å². The van der Waals surface area contributed by atoms with Gasteiger partial charge in [-0.05, 0) is 42.8 Å². The molecule has 1 N–H and O–H groups in total. The molecule has 1 aromatic heterocycles. The number of para-hydroxylation sites is 1. The number of benzene rings is 2. The molecule has 0 bridgehead atoms. The third-order valence-corrected chi connectivity index (χ3v) is 7.25. The average Bonchev–Trinajstić information content (AvgIpc) is 3.47. The van der Waals surface area contributed by atoms with Gasteiger partial charge in [-0.15, -0.1) is 0 Å². The number of nitrogens with zero attached hydrogens (tertiary/aromatic N) is 5. The summed E-state index contributed by atoms with van der Waals surface area (Å²) in [7, 11) is 3.13. The summed E-state index contributed by atoms with van der Waals surface area (Å²) in [5.41, 5.74) is 2.59. The zero-order valence-corrected chi connectivity index (χ0v) is 24.2. The van der Waals surface area contributed by atoms with E-state index in [1.165, 1.54) is 0 Å². The van der Waals surface area contributed by atoms with Crippen molar-refractivity contribution >= 4 is 35.1 Å². The van der Waals surface area contributed by atoms with Crippen molar-refractivity contribution in [2.75, 3.05) is 58.5 Å². The number of urea groups is 1. The lowest BCUT2D eigenvalue weighted by molar-refractivity contribution is -0.131. The number of ether oxygens (including phenoxy) is 2. The first-order valence-corrected chi connectivity index (χ1v) is 13.7. The Balaban J connectivity index is 1.50. The highest BCUT2D eigenvalue weighted by Gasteiger charge is 2.32. The van der Waals surface area contributed by atoms with Crippen LogP contribution in [0.25, 0.3) is 5.69 Å². The van der Waals surface area contributed by atoms with Crippen LogP contribution < -0.4 is 10.2 Å². The van der Waals surface area contributed by atoms with Gasteiger partial charge in [0, 0.05) is 64.5 Å².